The van der Waals surface area contributed by atoms with E-state index in [-0.39, 0.29) is 24.1 Å². The van der Waals surface area contributed by atoms with Crippen molar-refractivity contribution in [3.8, 4) is 0 Å². The maximum absolute atomic E-state index is 13.1. The minimum Gasteiger partial charge on any atom is -0.355 e. The molecule has 0 saturated carbocycles. The van der Waals surface area contributed by atoms with E-state index in [2.05, 4.69) is 5.32 Å². The van der Waals surface area contributed by atoms with Gasteiger partial charge in [-0.15, -0.1) is 0 Å². The first-order valence-electron chi connectivity index (χ1n) is 11.0. The molecule has 0 aromatic heterocycles. The van der Waals surface area contributed by atoms with Gasteiger partial charge in [-0.1, -0.05) is 66.7 Å². The van der Waals surface area contributed by atoms with Gasteiger partial charge in [0.25, 0.3) is 5.91 Å². The third-order valence-corrected chi connectivity index (χ3v) is 5.81. The second kappa shape index (κ2) is 10.1. The van der Waals surface area contributed by atoms with Crippen LogP contribution in [0.2, 0.25) is 0 Å². The Morgan fingerprint density at radius 1 is 0.750 bits per heavy atom. The van der Waals surface area contributed by atoms with Crippen molar-refractivity contribution >= 4 is 28.5 Å². The molecular weight excluding hydrogens is 402 g/mol. The highest BCUT2D eigenvalue weighted by Gasteiger charge is 2.25. The predicted octanol–water partition coefficient (Wildman–Crippen LogP) is 2.87. The first kappa shape index (κ1) is 21.6. The van der Waals surface area contributed by atoms with E-state index in [4.69, 9.17) is 0 Å². The van der Waals surface area contributed by atoms with Gasteiger partial charge in [0.15, 0.2) is 0 Å². The summed E-state index contributed by atoms with van der Waals surface area (Å²) in [4.78, 5) is 41.2. The maximum Gasteiger partial charge on any atom is 0.254 e. The minimum atomic E-state index is -0.0884. The number of piperazine rings is 1. The number of nitrogens with zero attached hydrogens (tertiary/aromatic N) is 2. The standard InChI is InChI=1S/C26H27N3O3/c30-24(19-20-7-2-1-3-8-20)27-14-13-25(31)28-15-17-29(18-16-28)26(32)23-12-6-10-21-9-4-5-11-22(21)23/h1-12H,13-19H2,(H,27,30). The fourth-order valence-electron chi connectivity index (χ4n) is 4.05. The number of carbonyl (C=O) groups is 3. The third kappa shape index (κ3) is 5.14. The lowest BCUT2D eigenvalue weighted by Gasteiger charge is -2.35. The summed E-state index contributed by atoms with van der Waals surface area (Å²) in [5.41, 5.74) is 1.65. The van der Waals surface area contributed by atoms with Crippen molar-refractivity contribution in [3.05, 3.63) is 83.9 Å². The highest BCUT2D eigenvalue weighted by atomic mass is 16.2. The molecule has 0 bridgehead atoms. The number of hydrogen-bond donors (Lipinski definition) is 1. The fraction of sp³-hybridized carbons (Fsp3) is 0.269. The van der Waals surface area contributed by atoms with Crippen LogP contribution in [0.15, 0.2) is 72.8 Å². The Labute approximate surface area is 187 Å². The summed E-state index contributed by atoms with van der Waals surface area (Å²) in [6.07, 6.45) is 0.571. The van der Waals surface area contributed by atoms with E-state index < -0.39 is 0 Å². The zero-order valence-electron chi connectivity index (χ0n) is 18.0. The van der Waals surface area contributed by atoms with Gasteiger partial charge in [0.1, 0.15) is 0 Å². The summed E-state index contributed by atoms with van der Waals surface area (Å²) in [5.74, 6) is -0.0844. The number of fused-ring (bicyclic) bond motifs is 1. The lowest BCUT2D eigenvalue weighted by Crippen LogP contribution is -2.51. The molecule has 1 saturated heterocycles. The molecule has 3 aromatic carbocycles. The van der Waals surface area contributed by atoms with Crippen molar-refractivity contribution in [2.45, 2.75) is 12.8 Å². The predicted molar refractivity (Wildman–Crippen MR) is 124 cm³/mol. The Bertz CT molecular complexity index is 1100. The van der Waals surface area contributed by atoms with Gasteiger partial charge < -0.3 is 15.1 Å². The molecule has 4 rings (SSSR count). The van der Waals surface area contributed by atoms with Crippen LogP contribution < -0.4 is 5.32 Å². The van der Waals surface area contributed by atoms with Crippen LogP contribution in [0, 0.1) is 0 Å². The topological polar surface area (TPSA) is 69.7 Å². The normalized spacial score (nSPS) is 13.8. The first-order chi connectivity index (χ1) is 15.6. The molecule has 6 heteroatoms. The van der Waals surface area contributed by atoms with Crippen molar-refractivity contribution in [2.24, 2.45) is 0 Å². The molecule has 0 aliphatic carbocycles. The van der Waals surface area contributed by atoms with Crippen molar-refractivity contribution in [3.63, 3.8) is 0 Å². The van der Waals surface area contributed by atoms with Crippen LogP contribution in [0.4, 0.5) is 0 Å². The number of nitrogens with one attached hydrogen (secondary N) is 1. The average molecular weight is 430 g/mol. The Morgan fingerprint density at radius 2 is 1.41 bits per heavy atom. The van der Waals surface area contributed by atoms with Crippen molar-refractivity contribution in [2.75, 3.05) is 32.7 Å². The Balaban J connectivity index is 1.24. The highest BCUT2D eigenvalue weighted by molar-refractivity contribution is 6.07. The largest absolute Gasteiger partial charge is 0.355 e. The molecule has 3 amide bonds. The quantitative estimate of drug-likeness (QED) is 0.655. The molecule has 1 N–H and O–H groups in total. The SMILES string of the molecule is O=C(Cc1ccccc1)NCCC(=O)N1CCN(C(=O)c2cccc3ccccc23)CC1. The van der Waals surface area contributed by atoms with Crippen LogP contribution in [0.3, 0.4) is 0 Å². The van der Waals surface area contributed by atoms with Crippen LogP contribution >= 0.6 is 0 Å². The molecule has 1 aliphatic heterocycles. The zero-order valence-corrected chi connectivity index (χ0v) is 18.0. The summed E-state index contributed by atoms with van der Waals surface area (Å²) in [6.45, 7) is 2.35. The molecule has 1 heterocycles. The van der Waals surface area contributed by atoms with Gasteiger partial charge in [-0.05, 0) is 22.4 Å². The number of benzene rings is 3. The number of hydrogen-bond acceptors (Lipinski definition) is 3. The van der Waals surface area contributed by atoms with Gasteiger partial charge >= 0.3 is 0 Å². The molecule has 0 radical (unpaired) electrons. The zero-order chi connectivity index (χ0) is 22.3. The Hall–Kier alpha value is -3.67. The number of carbonyl (C=O) groups excluding carboxylic acids is 3. The lowest BCUT2D eigenvalue weighted by molar-refractivity contribution is -0.132. The molecule has 1 aliphatic rings. The van der Waals surface area contributed by atoms with Crippen LogP contribution in [0.5, 0.6) is 0 Å². The number of rotatable bonds is 6. The van der Waals surface area contributed by atoms with Crippen LogP contribution in [-0.2, 0) is 16.0 Å². The molecule has 32 heavy (non-hydrogen) atoms. The molecule has 0 unspecified atom stereocenters. The fourth-order valence-corrected chi connectivity index (χ4v) is 4.05. The van der Waals surface area contributed by atoms with Gasteiger partial charge in [0.2, 0.25) is 11.8 Å². The second-order valence-electron chi connectivity index (χ2n) is 7.96. The Morgan fingerprint density at radius 3 is 2.19 bits per heavy atom. The Kier molecular flexibility index (Phi) is 6.80. The molecule has 0 spiro atoms. The number of amides is 3. The van der Waals surface area contributed by atoms with Gasteiger partial charge in [-0.3, -0.25) is 14.4 Å². The maximum atomic E-state index is 13.1. The summed E-state index contributed by atoms with van der Waals surface area (Å²) in [6, 6.07) is 23.2. The first-order valence-corrected chi connectivity index (χ1v) is 11.0. The van der Waals surface area contributed by atoms with E-state index in [1.54, 1.807) is 4.90 Å². The van der Waals surface area contributed by atoms with Gasteiger partial charge in [0, 0.05) is 44.7 Å². The highest BCUT2D eigenvalue weighted by Crippen LogP contribution is 2.20. The van der Waals surface area contributed by atoms with Crippen LogP contribution in [0.25, 0.3) is 10.8 Å². The van der Waals surface area contributed by atoms with Crippen molar-refractivity contribution < 1.29 is 14.4 Å². The van der Waals surface area contributed by atoms with Gasteiger partial charge in [-0.25, -0.2) is 0 Å². The smallest absolute Gasteiger partial charge is 0.254 e. The van der Waals surface area contributed by atoms with E-state index >= 15 is 0 Å². The molecule has 0 atom stereocenters. The van der Waals surface area contributed by atoms with Crippen LogP contribution in [0.1, 0.15) is 22.3 Å². The van der Waals surface area contributed by atoms with E-state index in [1.165, 1.54) is 0 Å². The monoisotopic (exact) mass is 429 g/mol. The van der Waals surface area contributed by atoms with Crippen LogP contribution in [-0.4, -0.2) is 60.2 Å². The van der Waals surface area contributed by atoms with E-state index in [0.717, 1.165) is 16.3 Å². The molecular formula is C26H27N3O3. The second-order valence-corrected chi connectivity index (χ2v) is 7.96. The van der Waals surface area contributed by atoms with E-state index in [1.807, 2.05) is 77.7 Å². The average Bonchev–Trinajstić information content (AvgIpc) is 2.84. The summed E-state index contributed by atoms with van der Waals surface area (Å²) >= 11 is 0. The molecule has 3 aromatic rings. The lowest BCUT2D eigenvalue weighted by atomic mass is 10.0. The van der Waals surface area contributed by atoms with E-state index in [9.17, 15) is 14.4 Å². The summed E-state index contributed by atoms with van der Waals surface area (Å²) in [5, 5.41) is 4.81. The summed E-state index contributed by atoms with van der Waals surface area (Å²) in [7, 11) is 0. The minimum absolute atomic E-state index is 0.00192. The van der Waals surface area contributed by atoms with E-state index in [0.29, 0.717) is 44.7 Å². The van der Waals surface area contributed by atoms with Gasteiger partial charge in [0.05, 0.1) is 6.42 Å². The van der Waals surface area contributed by atoms with Crippen molar-refractivity contribution in [1.29, 1.82) is 0 Å². The summed E-state index contributed by atoms with van der Waals surface area (Å²) < 4.78 is 0. The van der Waals surface area contributed by atoms with Crippen molar-refractivity contribution in [1.82, 2.24) is 15.1 Å². The third-order valence-electron chi connectivity index (χ3n) is 5.81. The molecule has 164 valence electrons. The molecule has 1 fully saturated rings. The van der Waals surface area contributed by atoms with Gasteiger partial charge in [-0.2, -0.15) is 0 Å². The molecule has 6 nitrogen and oxygen atoms in total.